The van der Waals surface area contributed by atoms with Crippen LogP contribution in [0.1, 0.15) is 47.6 Å². The van der Waals surface area contributed by atoms with E-state index in [4.69, 9.17) is 0 Å². The molecule has 0 bridgehead atoms. The predicted molar refractivity (Wildman–Crippen MR) is 92.9 cm³/mol. The smallest absolute Gasteiger partial charge is 0.254 e. The third kappa shape index (κ3) is 2.58. The van der Waals surface area contributed by atoms with Crippen LogP contribution in [0.25, 0.3) is 11.0 Å². The minimum Gasteiger partial charge on any atom is -0.329 e. The van der Waals surface area contributed by atoms with E-state index >= 15 is 0 Å². The SMILES string of the molecule is CCn1nnc2cc(C(=O)N3CCCC[C@@H]3c3nccs3)ccc21. The summed E-state index contributed by atoms with van der Waals surface area (Å²) in [4.78, 5) is 19.5. The van der Waals surface area contributed by atoms with Crippen LogP contribution in [-0.2, 0) is 6.54 Å². The number of aryl methyl sites for hydroxylation is 1. The van der Waals surface area contributed by atoms with E-state index in [1.165, 1.54) is 0 Å². The fraction of sp³-hybridized carbons (Fsp3) is 0.412. The number of likely N-dealkylation sites (tertiary alicyclic amines) is 1. The van der Waals surface area contributed by atoms with Crippen molar-refractivity contribution in [1.82, 2.24) is 24.9 Å². The largest absolute Gasteiger partial charge is 0.329 e. The van der Waals surface area contributed by atoms with Crippen molar-refractivity contribution in [3.8, 4) is 0 Å². The van der Waals surface area contributed by atoms with Crippen molar-refractivity contribution in [2.24, 2.45) is 0 Å². The van der Waals surface area contributed by atoms with E-state index in [1.54, 1.807) is 11.3 Å². The van der Waals surface area contributed by atoms with E-state index in [0.29, 0.717) is 5.56 Å². The first-order valence-electron chi connectivity index (χ1n) is 8.31. The number of aromatic nitrogens is 4. The van der Waals surface area contributed by atoms with Gasteiger partial charge < -0.3 is 4.90 Å². The van der Waals surface area contributed by atoms with E-state index in [-0.39, 0.29) is 11.9 Å². The van der Waals surface area contributed by atoms with Crippen LogP contribution in [0.15, 0.2) is 29.8 Å². The van der Waals surface area contributed by atoms with Crippen LogP contribution in [0.2, 0.25) is 0 Å². The van der Waals surface area contributed by atoms with Gasteiger partial charge >= 0.3 is 0 Å². The average molecular weight is 341 g/mol. The lowest BCUT2D eigenvalue weighted by molar-refractivity contribution is 0.0611. The summed E-state index contributed by atoms with van der Waals surface area (Å²) in [6, 6.07) is 5.76. The summed E-state index contributed by atoms with van der Waals surface area (Å²) in [5, 5.41) is 11.3. The van der Waals surface area contributed by atoms with Gasteiger partial charge in [0.1, 0.15) is 10.5 Å². The van der Waals surface area contributed by atoms with Gasteiger partial charge in [0, 0.05) is 30.2 Å². The van der Waals surface area contributed by atoms with Gasteiger partial charge in [-0.05, 0) is 44.4 Å². The fourth-order valence-electron chi connectivity index (χ4n) is 3.34. The van der Waals surface area contributed by atoms with Gasteiger partial charge in [0.2, 0.25) is 0 Å². The molecule has 1 fully saturated rings. The molecule has 4 rings (SSSR count). The Morgan fingerprint density at radius 3 is 3.08 bits per heavy atom. The van der Waals surface area contributed by atoms with Crippen LogP contribution in [0.4, 0.5) is 0 Å². The van der Waals surface area contributed by atoms with E-state index < -0.39 is 0 Å². The highest BCUT2D eigenvalue weighted by Gasteiger charge is 2.30. The van der Waals surface area contributed by atoms with Crippen molar-refractivity contribution >= 4 is 28.3 Å². The molecular formula is C17H19N5OS. The average Bonchev–Trinajstić information content (AvgIpc) is 3.30. The standard InChI is InChI=1S/C17H19N5OS/c1-2-22-14-7-6-12(11-13(14)19-20-22)17(23)21-9-4-3-5-15(21)16-18-8-10-24-16/h6-8,10-11,15H,2-5,9H2,1H3/t15-/m1/s1. The molecule has 1 aliphatic rings. The van der Waals surface area contributed by atoms with Gasteiger partial charge in [0.15, 0.2) is 0 Å². The van der Waals surface area contributed by atoms with E-state index in [1.807, 2.05) is 46.3 Å². The Labute approximate surface area is 144 Å². The highest BCUT2D eigenvalue weighted by molar-refractivity contribution is 7.09. The molecule has 0 aliphatic carbocycles. The van der Waals surface area contributed by atoms with Crippen LogP contribution < -0.4 is 0 Å². The maximum absolute atomic E-state index is 13.1. The second kappa shape index (κ2) is 6.32. The normalized spacial score (nSPS) is 18.2. The number of piperidine rings is 1. The van der Waals surface area contributed by atoms with Crippen LogP contribution >= 0.6 is 11.3 Å². The maximum Gasteiger partial charge on any atom is 0.254 e. The van der Waals surface area contributed by atoms with Crippen molar-refractivity contribution in [2.75, 3.05) is 6.54 Å². The molecule has 1 atom stereocenters. The number of carbonyl (C=O) groups is 1. The molecule has 1 saturated heterocycles. The van der Waals surface area contributed by atoms with Gasteiger partial charge in [-0.3, -0.25) is 4.79 Å². The molecule has 6 nitrogen and oxygen atoms in total. The monoisotopic (exact) mass is 341 g/mol. The summed E-state index contributed by atoms with van der Waals surface area (Å²) >= 11 is 1.62. The lowest BCUT2D eigenvalue weighted by Crippen LogP contribution is -2.38. The number of hydrogen-bond donors (Lipinski definition) is 0. The van der Waals surface area contributed by atoms with Crippen LogP contribution in [-0.4, -0.2) is 37.3 Å². The Hall–Kier alpha value is -2.28. The summed E-state index contributed by atoms with van der Waals surface area (Å²) in [5.41, 5.74) is 2.41. The Kier molecular flexibility index (Phi) is 4.02. The van der Waals surface area contributed by atoms with Crippen LogP contribution in [0.3, 0.4) is 0 Å². The molecule has 7 heteroatoms. The predicted octanol–water partition coefficient (Wildman–Crippen LogP) is 3.28. The quantitative estimate of drug-likeness (QED) is 0.733. The Balaban J connectivity index is 1.66. The van der Waals surface area contributed by atoms with E-state index in [2.05, 4.69) is 15.3 Å². The van der Waals surface area contributed by atoms with Gasteiger partial charge in [-0.2, -0.15) is 0 Å². The number of thiazole rings is 1. The first-order valence-corrected chi connectivity index (χ1v) is 9.19. The zero-order valence-corrected chi connectivity index (χ0v) is 14.4. The highest BCUT2D eigenvalue weighted by Crippen LogP contribution is 2.33. The van der Waals surface area contributed by atoms with Crippen LogP contribution in [0, 0.1) is 0 Å². The molecule has 2 aromatic heterocycles. The summed E-state index contributed by atoms with van der Waals surface area (Å²) < 4.78 is 1.84. The number of fused-ring (bicyclic) bond motifs is 1. The molecule has 24 heavy (non-hydrogen) atoms. The molecule has 0 N–H and O–H groups in total. The lowest BCUT2D eigenvalue weighted by atomic mass is 10.0. The van der Waals surface area contributed by atoms with Gasteiger partial charge in [0.05, 0.1) is 11.6 Å². The molecule has 3 aromatic rings. The molecule has 1 aromatic carbocycles. The fourth-order valence-corrected chi connectivity index (χ4v) is 4.12. The molecule has 0 radical (unpaired) electrons. The third-order valence-electron chi connectivity index (χ3n) is 4.56. The van der Waals surface area contributed by atoms with Crippen molar-refractivity contribution in [3.63, 3.8) is 0 Å². The summed E-state index contributed by atoms with van der Waals surface area (Å²) in [6.07, 6.45) is 4.97. The molecule has 1 amide bonds. The minimum atomic E-state index is 0.0582. The van der Waals surface area contributed by atoms with Crippen molar-refractivity contribution in [1.29, 1.82) is 0 Å². The summed E-state index contributed by atoms with van der Waals surface area (Å²) in [6.45, 7) is 3.57. The molecule has 0 saturated carbocycles. The van der Waals surface area contributed by atoms with Crippen LogP contribution in [0.5, 0.6) is 0 Å². The van der Waals surface area contributed by atoms with E-state index in [9.17, 15) is 4.79 Å². The molecular weight excluding hydrogens is 322 g/mol. The number of carbonyl (C=O) groups excluding carboxylic acids is 1. The minimum absolute atomic E-state index is 0.0582. The third-order valence-corrected chi connectivity index (χ3v) is 5.44. The number of hydrogen-bond acceptors (Lipinski definition) is 5. The summed E-state index contributed by atoms with van der Waals surface area (Å²) in [7, 11) is 0. The van der Waals surface area contributed by atoms with Gasteiger partial charge in [0.25, 0.3) is 5.91 Å². The Morgan fingerprint density at radius 2 is 2.29 bits per heavy atom. The molecule has 124 valence electrons. The Morgan fingerprint density at radius 1 is 1.38 bits per heavy atom. The maximum atomic E-state index is 13.1. The molecule has 0 spiro atoms. The zero-order chi connectivity index (χ0) is 16.5. The lowest BCUT2D eigenvalue weighted by Gasteiger charge is -2.34. The summed E-state index contributed by atoms with van der Waals surface area (Å²) in [5.74, 6) is 0.0582. The number of nitrogens with zero attached hydrogens (tertiary/aromatic N) is 5. The molecule has 0 unspecified atom stereocenters. The molecule has 1 aliphatic heterocycles. The van der Waals surface area contributed by atoms with Gasteiger partial charge in [-0.15, -0.1) is 16.4 Å². The van der Waals surface area contributed by atoms with Gasteiger partial charge in [-0.1, -0.05) is 5.21 Å². The highest BCUT2D eigenvalue weighted by atomic mass is 32.1. The number of benzene rings is 1. The first-order chi connectivity index (χ1) is 11.8. The zero-order valence-electron chi connectivity index (χ0n) is 13.6. The van der Waals surface area contributed by atoms with Gasteiger partial charge in [-0.25, -0.2) is 9.67 Å². The van der Waals surface area contributed by atoms with Crippen molar-refractivity contribution < 1.29 is 4.79 Å². The molecule has 3 heterocycles. The topological polar surface area (TPSA) is 63.9 Å². The number of amides is 1. The Bertz CT molecular complexity index is 857. The van der Waals surface area contributed by atoms with E-state index in [0.717, 1.165) is 48.4 Å². The first kappa shape index (κ1) is 15.3. The second-order valence-corrected chi connectivity index (χ2v) is 6.92. The van der Waals surface area contributed by atoms with Crippen molar-refractivity contribution in [2.45, 2.75) is 38.8 Å². The second-order valence-electron chi connectivity index (χ2n) is 5.99. The number of rotatable bonds is 3. The van der Waals surface area contributed by atoms with Crippen molar-refractivity contribution in [3.05, 3.63) is 40.3 Å².